The summed E-state index contributed by atoms with van der Waals surface area (Å²) in [6.45, 7) is 5.73. The third kappa shape index (κ3) is 11.2. The summed E-state index contributed by atoms with van der Waals surface area (Å²) in [6.07, 6.45) is 6.65. The van der Waals surface area contributed by atoms with E-state index in [4.69, 9.17) is 9.47 Å². The van der Waals surface area contributed by atoms with E-state index in [1.54, 1.807) is 46.8 Å². The Hall–Kier alpha value is -8.10. The van der Waals surface area contributed by atoms with Gasteiger partial charge in [-0.25, -0.2) is 8.42 Å². The second-order valence-corrected chi connectivity index (χ2v) is 23.7. The Morgan fingerprint density at radius 2 is 1.07 bits per heavy atom. The molecular weight excluding hydrogens is 1050 g/mol. The van der Waals surface area contributed by atoms with Gasteiger partial charge in [0, 0.05) is 86.8 Å². The number of likely N-dealkylation sites (tertiary alicyclic amines) is 1. The molecule has 0 bridgehead atoms. The molecule has 6 aromatic rings. The average molecular weight is 1110 g/mol. The summed E-state index contributed by atoms with van der Waals surface area (Å²) in [6, 6.07) is 34.9. The monoisotopic (exact) mass is 1110 g/mol. The lowest BCUT2D eigenvalue weighted by molar-refractivity contribution is -0.138. The van der Waals surface area contributed by atoms with Crippen molar-refractivity contribution in [3.8, 4) is 22.6 Å². The fourth-order valence-corrected chi connectivity index (χ4v) is 13.7. The van der Waals surface area contributed by atoms with Gasteiger partial charge in [-0.3, -0.25) is 54.2 Å². The molecule has 0 saturated carbocycles. The van der Waals surface area contributed by atoms with E-state index < -0.39 is 33.9 Å². The van der Waals surface area contributed by atoms with Crippen molar-refractivity contribution < 1.29 is 46.7 Å². The van der Waals surface area contributed by atoms with Gasteiger partial charge in [0.1, 0.15) is 36.8 Å². The number of carbonyl (C=O) groups excluding carboxylic acids is 6. The second-order valence-electron chi connectivity index (χ2n) is 21.8. The first kappa shape index (κ1) is 53.5. The molecule has 2 atom stereocenters. The maximum Gasteiger partial charge on any atom is 0.255 e. The number of piperazine rings is 1. The van der Waals surface area contributed by atoms with E-state index in [-0.39, 0.29) is 80.5 Å². The van der Waals surface area contributed by atoms with Crippen LogP contribution in [0.2, 0.25) is 0 Å². The Morgan fingerprint density at radius 3 is 1.68 bits per heavy atom. The molecule has 0 radical (unpaired) electrons. The third-order valence-electron chi connectivity index (χ3n) is 16.7. The number of aromatic nitrogens is 1. The number of ether oxygens (including phenoxy) is 2. The van der Waals surface area contributed by atoms with Gasteiger partial charge < -0.3 is 19.3 Å². The number of nitrogens with zero attached hydrogens (tertiary/aromatic N) is 6. The number of nitrogens with one attached hydrogen (secondary N) is 2. The molecule has 1 aromatic heterocycles. The number of rotatable bonds is 16. The topological polar surface area (TPSA) is 208 Å². The van der Waals surface area contributed by atoms with Crippen molar-refractivity contribution in [1.29, 1.82) is 0 Å². The minimum Gasteiger partial charge on any atom is -0.489 e. The largest absolute Gasteiger partial charge is 0.489 e. The molecule has 18 nitrogen and oxygen atoms in total. The number of carbonyl (C=O) groups is 6. The second kappa shape index (κ2) is 22.8. The van der Waals surface area contributed by atoms with Gasteiger partial charge in [0.25, 0.3) is 11.8 Å². The summed E-state index contributed by atoms with van der Waals surface area (Å²) in [5.41, 5.74) is 9.15. The molecular formula is C62H62N8O10S. The van der Waals surface area contributed by atoms with Crippen molar-refractivity contribution in [2.24, 2.45) is 0 Å². The van der Waals surface area contributed by atoms with E-state index in [0.717, 1.165) is 71.4 Å². The number of imide groups is 2. The number of hydrogen-bond acceptors (Lipinski definition) is 13. The van der Waals surface area contributed by atoms with Crippen molar-refractivity contribution >= 4 is 45.5 Å². The number of piperidine rings is 3. The van der Waals surface area contributed by atoms with Gasteiger partial charge in [0.15, 0.2) is 0 Å². The minimum atomic E-state index is -3.89. The highest BCUT2D eigenvalue weighted by Gasteiger charge is 2.42. The van der Waals surface area contributed by atoms with E-state index in [1.165, 1.54) is 15.4 Å². The van der Waals surface area contributed by atoms with Crippen LogP contribution in [0.15, 0.2) is 133 Å². The van der Waals surface area contributed by atoms with Crippen LogP contribution in [0.5, 0.6) is 11.5 Å². The van der Waals surface area contributed by atoms with Crippen LogP contribution in [0.4, 0.5) is 0 Å². The van der Waals surface area contributed by atoms with E-state index in [0.29, 0.717) is 66.8 Å². The van der Waals surface area contributed by atoms with Crippen LogP contribution >= 0.6 is 0 Å². The quantitative estimate of drug-likeness (QED) is 0.102. The van der Waals surface area contributed by atoms with Gasteiger partial charge in [-0.15, -0.1) is 0 Å². The average Bonchev–Trinajstić information content (AvgIpc) is 4.01. The van der Waals surface area contributed by atoms with Crippen LogP contribution in [0.1, 0.15) is 104 Å². The Balaban J connectivity index is 0.702. The predicted octanol–water partition coefficient (Wildman–Crippen LogP) is 6.31. The number of amides is 6. The number of benzene rings is 5. The predicted molar refractivity (Wildman–Crippen MR) is 297 cm³/mol. The number of hydrogen-bond donors (Lipinski definition) is 2. The molecule has 6 amide bonds. The molecule has 4 saturated heterocycles. The smallest absolute Gasteiger partial charge is 0.255 e. The Kier molecular flexibility index (Phi) is 15.1. The Labute approximate surface area is 470 Å². The molecule has 6 aliphatic rings. The molecule has 19 heteroatoms. The summed E-state index contributed by atoms with van der Waals surface area (Å²) >= 11 is 0. The molecule has 0 spiro atoms. The molecule has 4 fully saturated rings. The first-order valence-corrected chi connectivity index (χ1v) is 29.2. The number of sulfonamides is 1. The lowest BCUT2D eigenvalue weighted by atomic mass is 9.90. The van der Waals surface area contributed by atoms with Crippen LogP contribution in [-0.2, 0) is 68.6 Å². The maximum atomic E-state index is 14.5. The van der Waals surface area contributed by atoms with Gasteiger partial charge in [-0.1, -0.05) is 60.7 Å². The lowest BCUT2D eigenvalue weighted by Gasteiger charge is -2.34. The van der Waals surface area contributed by atoms with Crippen molar-refractivity contribution in [2.75, 3.05) is 39.3 Å². The highest BCUT2D eigenvalue weighted by Crippen LogP contribution is 2.38. The molecule has 2 unspecified atom stereocenters. The van der Waals surface area contributed by atoms with E-state index in [9.17, 15) is 37.2 Å². The standard InChI is InChI=1S/C62H62N8O10S/c71-57-18-16-53(59(73)64-57)69-36-51-48(61(69)75)6-2-8-55(51)79-38-41-12-10-40(11-13-41)34-67-28-30-68(31-29-67)81(77,78)47-5-1-4-45(33-47)50-32-42(35-66-26-22-44(23-27-66)43-20-24-63-25-21-43)14-15-46(50)39-80-56-9-3-7-49-52(56)37-70(62(49)76)54-17-19-58(72)65-60(54)74/h1-15,20-21,24-25,32-33,44,53-54H,16-19,22-23,26-31,34-39H2,(H,64,71,73)(H,65,72,74). The zero-order chi connectivity index (χ0) is 55.8. The first-order chi connectivity index (χ1) is 39.3. The fraction of sp³-hybridized carbons (Fsp3) is 0.339. The Morgan fingerprint density at radius 1 is 0.531 bits per heavy atom. The van der Waals surface area contributed by atoms with Crippen molar-refractivity contribution in [3.63, 3.8) is 0 Å². The summed E-state index contributed by atoms with van der Waals surface area (Å²) < 4.78 is 43.5. The van der Waals surface area contributed by atoms with Crippen molar-refractivity contribution in [2.45, 2.75) is 101 Å². The summed E-state index contributed by atoms with van der Waals surface area (Å²) in [4.78, 5) is 88.2. The van der Waals surface area contributed by atoms with Crippen LogP contribution in [0.25, 0.3) is 11.1 Å². The molecule has 416 valence electrons. The van der Waals surface area contributed by atoms with Crippen molar-refractivity contribution in [3.05, 3.63) is 178 Å². The van der Waals surface area contributed by atoms with Gasteiger partial charge in [-0.2, -0.15) is 4.31 Å². The highest BCUT2D eigenvalue weighted by atomic mass is 32.2. The van der Waals surface area contributed by atoms with Crippen LogP contribution in [0.3, 0.4) is 0 Å². The Bertz CT molecular complexity index is 3560. The third-order valence-corrected chi connectivity index (χ3v) is 18.6. The van der Waals surface area contributed by atoms with E-state index >= 15 is 0 Å². The fourth-order valence-electron chi connectivity index (χ4n) is 12.2. The van der Waals surface area contributed by atoms with Gasteiger partial charge in [0.2, 0.25) is 33.7 Å². The van der Waals surface area contributed by atoms with Gasteiger partial charge >= 0.3 is 0 Å². The zero-order valence-electron chi connectivity index (χ0n) is 44.8. The normalized spacial score (nSPS) is 20.3. The molecule has 0 aliphatic carbocycles. The lowest BCUT2D eigenvalue weighted by Crippen LogP contribution is -2.52. The van der Waals surface area contributed by atoms with Gasteiger partial charge in [0.05, 0.1) is 18.0 Å². The van der Waals surface area contributed by atoms with Gasteiger partial charge in [-0.05, 0) is 138 Å². The number of fused-ring (bicyclic) bond motifs is 2. The molecule has 6 aliphatic heterocycles. The molecule has 12 rings (SSSR count). The molecule has 2 N–H and O–H groups in total. The molecule has 5 aromatic carbocycles. The zero-order valence-corrected chi connectivity index (χ0v) is 45.6. The van der Waals surface area contributed by atoms with E-state index in [2.05, 4.69) is 49.7 Å². The first-order valence-electron chi connectivity index (χ1n) is 27.8. The highest BCUT2D eigenvalue weighted by molar-refractivity contribution is 7.89. The van der Waals surface area contributed by atoms with Crippen LogP contribution in [0, 0.1) is 0 Å². The number of pyridine rings is 1. The SMILES string of the molecule is O=C1CCC(N2Cc3c(OCc4ccc(CN5CCN(S(=O)(=O)c6cccc(-c7cc(CN8CCC(c9ccncc9)CC8)ccc7COc7cccc8c7CN(C7CCC(=O)NC7=O)C8=O)c6)CC5)cc4)cccc3C2=O)C(=O)N1. The molecule has 7 heterocycles. The van der Waals surface area contributed by atoms with E-state index in [1.807, 2.05) is 60.9 Å². The molecule has 81 heavy (non-hydrogen) atoms. The summed E-state index contributed by atoms with van der Waals surface area (Å²) in [5, 5.41) is 4.71. The summed E-state index contributed by atoms with van der Waals surface area (Å²) in [5.74, 6) is -0.602. The summed E-state index contributed by atoms with van der Waals surface area (Å²) in [7, 11) is -3.89. The van der Waals surface area contributed by atoms with Crippen molar-refractivity contribution in [1.82, 2.24) is 39.5 Å². The minimum absolute atomic E-state index is 0.124. The van der Waals surface area contributed by atoms with Crippen LogP contribution in [-0.4, -0.2) is 124 Å². The maximum absolute atomic E-state index is 14.5. The van der Waals surface area contributed by atoms with Crippen LogP contribution < -0.4 is 20.1 Å².